The third kappa shape index (κ3) is 2.78. The smallest absolute Gasteiger partial charge is 0.211 e. The fraction of sp³-hybridized carbons (Fsp3) is 0.900. The Morgan fingerprint density at radius 2 is 1.75 bits per heavy atom. The lowest BCUT2D eigenvalue weighted by Crippen LogP contribution is -1.90. The van der Waals surface area contributed by atoms with Crippen molar-refractivity contribution in [2.75, 3.05) is 6.54 Å². The Morgan fingerprint density at radius 1 is 1.25 bits per heavy atom. The SMILES string of the molecule is C1CC2CCC1C2.CCN=C=O. The normalized spacial score (nSPS) is 30.4. The van der Waals surface area contributed by atoms with Gasteiger partial charge in [0.2, 0.25) is 6.08 Å². The highest BCUT2D eigenvalue weighted by Crippen LogP contribution is 2.43. The minimum Gasteiger partial charge on any atom is -0.211 e. The van der Waals surface area contributed by atoms with Crippen molar-refractivity contribution in [3.05, 3.63) is 0 Å². The summed E-state index contributed by atoms with van der Waals surface area (Å²) in [6, 6.07) is 0. The minimum atomic E-state index is 0.545. The van der Waals surface area contributed by atoms with Crippen LogP contribution in [0.1, 0.15) is 39.0 Å². The van der Waals surface area contributed by atoms with Crippen molar-refractivity contribution in [2.45, 2.75) is 39.0 Å². The summed E-state index contributed by atoms with van der Waals surface area (Å²) in [5.41, 5.74) is 0. The monoisotopic (exact) mass is 167 g/mol. The number of hydrogen-bond donors (Lipinski definition) is 0. The predicted octanol–water partition coefficient (Wildman–Crippen LogP) is 2.54. The van der Waals surface area contributed by atoms with Gasteiger partial charge in [-0.15, -0.1) is 0 Å². The Labute approximate surface area is 74.1 Å². The zero-order chi connectivity index (χ0) is 8.81. The predicted molar refractivity (Wildman–Crippen MR) is 48.7 cm³/mol. The van der Waals surface area contributed by atoms with Crippen LogP contribution in [-0.2, 0) is 4.79 Å². The van der Waals surface area contributed by atoms with Crippen LogP contribution in [0.2, 0.25) is 0 Å². The average Bonchev–Trinajstić information content (AvgIpc) is 2.69. The van der Waals surface area contributed by atoms with Crippen LogP contribution in [0.5, 0.6) is 0 Å². The molecule has 0 heterocycles. The maximum Gasteiger partial charge on any atom is 0.234 e. The Bertz CT molecular complexity index is 155. The molecule has 2 nitrogen and oxygen atoms in total. The fourth-order valence-corrected chi connectivity index (χ4v) is 2.24. The second-order valence-corrected chi connectivity index (χ2v) is 3.69. The summed E-state index contributed by atoms with van der Waals surface area (Å²) in [7, 11) is 0. The van der Waals surface area contributed by atoms with Gasteiger partial charge in [-0.25, -0.2) is 9.79 Å². The Morgan fingerprint density at radius 3 is 1.83 bits per heavy atom. The number of rotatable bonds is 1. The molecule has 0 aliphatic heterocycles. The number of isocyanates is 1. The van der Waals surface area contributed by atoms with Gasteiger partial charge in [0.05, 0.1) is 0 Å². The summed E-state index contributed by atoms with van der Waals surface area (Å²) in [4.78, 5) is 12.3. The van der Waals surface area contributed by atoms with Gasteiger partial charge >= 0.3 is 0 Å². The van der Waals surface area contributed by atoms with E-state index in [1.807, 2.05) is 0 Å². The number of aliphatic imine (C=N–C) groups is 1. The zero-order valence-electron chi connectivity index (χ0n) is 7.75. The highest BCUT2D eigenvalue weighted by Gasteiger charge is 2.30. The van der Waals surface area contributed by atoms with Gasteiger partial charge in [0.15, 0.2) is 0 Å². The highest BCUT2D eigenvalue weighted by atomic mass is 16.1. The molecule has 12 heavy (non-hydrogen) atoms. The molecule has 0 aromatic heterocycles. The quantitative estimate of drug-likeness (QED) is 0.436. The van der Waals surface area contributed by atoms with Crippen molar-refractivity contribution in [3.63, 3.8) is 0 Å². The molecule has 0 unspecified atom stereocenters. The third-order valence-corrected chi connectivity index (χ3v) is 2.86. The number of carbonyl (C=O) groups excluding carboxylic acids is 1. The average molecular weight is 167 g/mol. The van der Waals surface area contributed by atoms with Gasteiger partial charge in [0.1, 0.15) is 0 Å². The maximum atomic E-state index is 9.11. The van der Waals surface area contributed by atoms with Gasteiger partial charge in [-0.2, -0.15) is 0 Å². The van der Waals surface area contributed by atoms with Crippen molar-refractivity contribution >= 4 is 6.08 Å². The van der Waals surface area contributed by atoms with Crippen LogP contribution in [0, 0.1) is 11.8 Å². The molecule has 2 heteroatoms. The first-order valence-corrected chi connectivity index (χ1v) is 4.90. The summed E-state index contributed by atoms with van der Waals surface area (Å²) in [6.45, 7) is 2.33. The fourth-order valence-electron chi connectivity index (χ4n) is 2.24. The molecule has 2 aliphatic carbocycles. The van der Waals surface area contributed by atoms with Gasteiger partial charge in [-0.05, 0) is 25.2 Å². The van der Waals surface area contributed by atoms with Gasteiger partial charge in [-0.3, -0.25) is 0 Å². The van der Waals surface area contributed by atoms with Gasteiger partial charge in [0, 0.05) is 6.54 Å². The third-order valence-electron chi connectivity index (χ3n) is 2.86. The molecule has 0 N–H and O–H groups in total. The second kappa shape index (κ2) is 5.10. The number of nitrogens with zero attached hydrogens (tertiary/aromatic N) is 1. The van der Waals surface area contributed by atoms with Crippen molar-refractivity contribution in [2.24, 2.45) is 16.8 Å². The molecular weight excluding hydrogens is 150 g/mol. The van der Waals surface area contributed by atoms with Crippen LogP contribution in [-0.4, -0.2) is 12.6 Å². The van der Waals surface area contributed by atoms with E-state index < -0.39 is 0 Å². The molecule has 0 atom stereocenters. The van der Waals surface area contributed by atoms with E-state index >= 15 is 0 Å². The summed E-state index contributed by atoms with van der Waals surface area (Å²) < 4.78 is 0. The van der Waals surface area contributed by atoms with Crippen LogP contribution >= 0.6 is 0 Å². The van der Waals surface area contributed by atoms with Crippen LogP contribution in [0.15, 0.2) is 4.99 Å². The molecule has 68 valence electrons. The van der Waals surface area contributed by atoms with Crippen molar-refractivity contribution in [3.8, 4) is 0 Å². The second-order valence-electron chi connectivity index (χ2n) is 3.69. The molecule has 2 fully saturated rings. The molecule has 0 spiro atoms. The highest BCUT2D eigenvalue weighted by molar-refractivity contribution is 5.32. The van der Waals surface area contributed by atoms with E-state index in [2.05, 4.69) is 4.99 Å². The Balaban J connectivity index is 0.000000130. The van der Waals surface area contributed by atoms with E-state index in [1.165, 1.54) is 17.9 Å². The Kier molecular flexibility index (Phi) is 4.02. The molecule has 0 aromatic carbocycles. The number of hydrogen-bond acceptors (Lipinski definition) is 2. The van der Waals surface area contributed by atoms with Crippen LogP contribution in [0.3, 0.4) is 0 Å². The molecule has 2 bridgehead atoms. The summed E-state index contributed by atoms with van der Waals surface area (Å²) in [6.07, 6.45) is 9.22. The summed E-state index contributed by atoms with van der Waals surface area (Å²) in [5.74, 6) is 2.34. The molecule has 2 rings (SSSR count). The van der Waals surface area contributed by atoms with Crippen molar-refractivity contribution in [1.29, 1.82) is 0 Å². The molecular formula is C10H17NO. The van der Waals surface area contributed by atoms with Gasteiger partial charge < -0.3 is 0 Å². The molecule has 0 saturated heterocycles. The van der Waals surface area contributed by atoms with Gasteiger partial charge in [0.25, 0.3) is 0 Å². The first kappa shape index (κ1) is 9.47. The van der Waals surface area contributed by atoms with Gasteiger partial charge in [-0.1, -0.05) is 25.7 Å². The number of fused-ring (bicyclic) bond motifs is 2. The maximum absolute atomic E-state index is 9.11. The lowest BCUT2D eigenvalue weighted by molar-refractivity contribution is 0.480. The van der Waals surface area contributed by atoms with E-state index in [1.54, 1.807) is 39.0 Å². The first-order valence-electron chi connectivity index (χ1n) is 4.90. The van der Waals surface area contributed by atoms with E-state index in [4.69, 9.17) is 4.79 Å². The largest absolute Gasteiger partial charge is 0.234 e. The molecule has 2 saturated carbocycles. The van der Waals surface area contributed by atoms with Crippen LogP contribution < -0.4 is 0 Å². The zero-order valence-corrected chi connectivity index (χ0v) is 7.75. The molecule has 2 aliphatic rings. The first-order chi connectivity index (χ1) is 5.86. The Hall–Kier alpha value is -0.620. The topological polar surface area (TPSA) is 29.4 Å². The molecule has 0 radical (unpaired) electrons. The lowest BCUT2D eigenvalue weighted by Gasteiger charge is -2.05. The van der Waals surface area contributed by atoms with E-state index in [0.717, 1.165) is 0 Å². The van der Waals surface area contributed by atoms with Crippen LogP contribution in [0.25, 0.3) is 0 Å². The van der Waals surface area contributed by atoms with E-state index in [0.29, 0.717) is 6.54 Å². The summed E-state index contributed by atoms with van der Waals surface area (Å²) in [5, 5.41) is 0. The molecule has 0 amide bonds. The lowest BCUT2D eigenvalue weighted by atomic mass is 10.0. The standard InChI is InChI=1S/C7H12.C3H5NO/c1-2-7-4-3-6(1)5-7;1-2-4-3-5/h6-7H,1-5H2;2H2,1H3. The van der Waals surface area contributed by atoms with Crippen molar-refractivity contribution in [1.82, 2.24) is 0 Å². The van der Waals surface area contributed by atoms with E-state index in [-0.39, 0.29) is 0 Å². The minimum absolute atomic E-state index is 0.545. The summed E-state index contributed by atoms with van der Waals surface area (Å²) >= 11 is 0. The van der Waals surface area contributed by atoms with Crippen molar-refractivity contribution < 1.29 is 4.79 Å². The molecule has 0 aromatic rings. The van der Waals surface area contributed by atoms with E-state index in [9.17, 15) is 0 Å². The van der Waals surface area contributed by atoms with Crippen LogP contribution in [0.4, 0.5) is 0 Å².